The number of anilines is 1. The molecule has 2 aromatic heterocycles. The third-order valence-electron chi connectivity index (χ3n) is 5.89. The van der Waals surface area contributed by atoms with Gasteiger partial charge in [-0.2, -0.15) is 4.98 Å². The maximum Gasteiger partial charge on any atom is 0.281 e. The number of benzene rings is 1. The Hall–Kier alpha value is -2.40. The van der Waals surface area contributed by atoms with Gasteiger partial charge < -0.3 is 19.3 Å². The van der Waals surface area contributed by atoms with E-state index in [0.29, 0.717) is 18.5 Å². The molecular weight excluding hydrogens is 428 g/mol. The molecule has 2 fully saturated rings. The highest BCUT2D eigenvalue weighted by molar-refractivity contribution is 7.22. The van der Waals surface area contributed by atoms with E-state index in [9.17, 15) is 4.79 Å². The summed E-state index contributed by atoms with van der Waals surface area (Å²) in [6, 6.07) is 3.95. The third-order valence-corrected chi connectivity index (χ3v) is 7.06. The van der Waals surface area contributed by atoms with Gasteiger partial charge >= 0.3 is 0 Å². The Morgan fingerprint density at radius 3 is 2.75 bits per heavy atom. The van der Waals surface area contributed by atoms with Crippen LogP contribution in [0, 0.1) is 6.92 Å². The van der Waals surface area contributed by atoms with Gasteiger partial charge in [0.2, 0.25) is 0 Å². The molecule has 2 aliphatic heterocycles. The van der Waals surface area contributed by atoms with E-state index < -0.39 is 5.79 Å². The van der Waals surface area contributed by atoms with Crippen molar-refractivity contribution in [2.45, 2.75) is 45.1 Å². The average molecular weight is 457 g/mol. The van der Waals surface area contributed by atoms with Crippen molar-refractivity contribution in [3.63, 3.8) is 0 Å². The van der Waals surface area contributed by atoms with Gasteiger partial charge in [-0.15, -0.1) is 5.10 Å². The van der Waals surface area contributed by atoms with E-state index in [2.05, 4.69) is 20.2 Å². The minimum Gasteiger partial charge on any atom is -0.348 e. The zero-order valence-corrected chi connectivity index (χ0v) is 19.7. The van der Waals surface area contributed by atoms with Crippen LogP contribution in [0.2, 0.25) is 0 Å². The van der Waals surface area contributed by atoms with E-state index in [4.69, 9.17) is 9.47 Å². The highest BCUT2D eigenvalue weighted by Gasteiger charge is 2.43. The molecule has 10 heteroatoms. The summed E-state index contributed by atoms with van der Waals surface area (Å²) in [5.74, 6) is -0.483. The minimum absolute atomic E-state index is 0.127. The van der Waals surface area contributed by atoms with Crippen LogP contribution in [0.25, 0.3) is 15.8 Å². The quantitative estimate of drug-likeness (QED) is 0.591. The summed E-state index contributed by atoms with van der Waals surface area (Å²) in [5, 5.41) is 9.97. The molecule has 1 atom stereocenters. The Bertz CT molecular complexity index is 1200. The number of ether oxygens (including phenoxy) is 2. The molecular formula is C22H28N6O3S. The second-order valence-corrected chi connectivity index (χ2v) is 9.97. The van der Waals surface area contributed by atoms with E-state index >= 15 is 0 Å². The maximum atomic E-state index is 13.0. The lowest BCUT2D eigenvalue weighted by molar-refractivity contribution is -0.178. The van der Waals surface area contributed by atoms with Gasteiger partial charge in [0, 0.05) is 32.5 Å². The number of piperidine rings is 1. The van der Waals surface area contributed by atoms with Crippen molar-refractivity contribution in [1.82, 2.24) is 24.9 Å². The van der Waals surface area contributed by atoms with Crippen LogP contribution in [0.3, 0.4) is 0 Å². The van der Waals surface area contributed by atoms with E-state index in [1.54, 1.807) is 4.68 Å². The fourth-order valence-electron chi connectivity index (χ4n) is 4.40. The molecule has 0 saturated carbocycles. The predicted octanol–water partition coefficient (Wildman–Crippen LogP) is 2.34. The number of hydrogen-bond acceptors (Lipinski definition) is 9. The van der Waals surface area contributed by atoms with Crippen molar-refractivity contribution in [1.29, 1.82) is 0 Å². The van der Waals surface area contributed by atoms with Gasteiger partial charge in [-0.1, -0.05) is 16.6 Å². The van der Waals surface area contributed by atoms with Crippen molar-refractivity contribution in [2.75, 3.05) is 38.7 Å². The predicted molar refractivity (Wildman–Crippen MR) is 124 cm³/mol. The molecule has 170 valence electrons. The molecule has 2 saturated heterocycles. The lowest BCUT2D eigenvalue weighted by Gasteiger charge is -2.38. The fraction of sp³-hybridized carbons (Fsp3) is 0.545. The second-order valence-electron chi connectivity index (χ2n) is 8.99. The molecule has 1 aromatic carbocycles. The van der Waals surface area contributed by atoms with Gasteiger partial charge in [-0.05, 0) is 45.6 Å². The fourth-order valence-corrected chi connectivity index (χ4v) is 5.54. The summed E-state index contributed by atoms with van der Waals surface area (Å²) in [4.78, 5) is 21.6. The highest BCUT2D eigenvalue weighted by Crippen LogP contribution is 2.37. The Balaban J connectivity index is 1.50. The number of nitrogens with zero attached hydrogens (tertiary/aromatic N) is 6. The number of aromatic nitrogens is 4. The van der Waals surface area contributed by atoms with Crippen LogP contribution in [0.15, 0.2) is 23.1 Å². The zero-order chi connectivity index (χ0) is 22.5. The number of hydrogen-bond donors (Lipinski definition) is 0. The third kappa shape index (κ3) is 4.03. The van der Waals surface area contributed by atoms with E-state index in [1.807, 2.05) is 51.2 Å². The van der Waals surface area contributed by atoms with Crippen LogP contribution in [-0.4, -0.2) is 70.6 Å². The Morgan fingerprint density at radius 2 is 2.06 bits per heavy atom. The first kappa shape index (κ1) is 21.4. The summed E-state index contributed by atoms with van der Waals surface area (Å²) in [6.45, 7) is 6.82. The van der Waals surface area contributed by atoms with Crippen LogP contribution >= 0.6 is 11.3 Å². The molecule has 4 heterocycles. The van der Waals surface area contributed by atoms with Crippen molar-refractivity contribution in [3.8, 4) is 5.69 Å². The van der Waals surface area contributed by atoms with E-state index in [-0.39, 0.29) is 11.7 Å². The lowest BCUT2D eigenvalue weighted by atomic mass is 10.0. The van der Waals surface area contributed by atoms with Gasteiger partial charge in [0.1, 0.15) is 0 Å². The molecule has 0 N–H and O–H groups in total. The van der Waals surface area contributed by atoms with E-state index in [0.717, 1.165) is 52.7 Å². The molecule has 5 rings (SSSR count). The SMILES string of the molecule is Cc1cc(-n2cc(CN(C)C)nn2)c2sc(N3CCC4(CC3)OC[C@H](C)O4)nc(=O)c2c1. The van der Waals surface area contributed by atoms with Gasteiger partial charge in [0.15, 0.2) is 10.9 Å². The van der Waals surface area contributed by atoms with Crippen molar-refractivity contribution in [2.24, 2.45) is 0 Å². The Morgan fingerprint density at radius 1 is 1.28 bits per heavy atom. The first-order chi connectivity index (χ1) is 15.3. The maximum absolute atomic E-state index is 13.0. The largest absolute Gasteiger partial charge is 0.348 e. The number of fused-ring (bicyclic) bond motifs is 1. The number of aryl methyl sites for hydroxylation is 1. The summed E-state index contributed by atoms with van der Waals surface area (Å²) >= 11 is 1.53. The van der Waals surface area contributed by atoms with Crippen LogP contribution in [0.4, 0.5) is 5.13 Å². The molecule has 1 spiro atoms. The van der Waals surface area contributed by atoms with Gasteiger partial charge in [0.05, 0.1) is 40.4 Å². The first-order valence-electron chi connectivity index (χ1n) is 10.9. The summed E-state index contributed by atoms with van der Waals surface area (Å²) < 4.78 is 14.6. The Kier molecular flexibility index (Phi) is 5.48. The zero-order valence-electron chi connectivity index (χ0n) is 18.9. The molecule has 32 heavy (non-hydrogen) atoms. The summed E-state index contributed by atoms with van der Waals surface area (Å²) in [7, 11) is 3.99. The van der Waals surface area contributed by atoms with Crippen LogP contribution < -0.4 is 10.5 Å². The smallest absolute Gasteiger partial charge is 0.281 e. The average Bonchev–Trinajstić information content (AvgIpc) is 3.35. The van der Waals surface area contributed by atoms with Gasteiger partial charge in [-0.3, -0.25) is 4.79 Å². The van der Waals surface area contributed by atoms with Crippen LogP contribution in [0.1, 0.15) is 31.0 Å². The molecule has 0 aliphatic carbocycles. The second kappa shape index (κ2) is 8.18. The molecule has 3 aromatic rings. The monoisotopic (exact) mass is 456 g/mol. The molecule has 9 nitrogen and oxygen atoms in total. The lowest BCUT2D eigenvalue weighted by Crippen LogP contribution is -2.45. The highest BCUT2D eigenvalue weighted by atomic mass is 32.1. The van der Waals surface area contributed by atoms with Crippen LogP contribution in [0.5, 0.6) is 0 Å². The molecule has 2 aliphatic rings. The normalized spacial score (nSPS) is 20.7. The number of rotatable bonds is 4. The van der Waals surface area contributed by atoms with Crippen molar-refractivity contribution in [3.05, 3.63) is 39.9 Å². The van der Waals surface area contributed by atoms with E-state index in [1.165, 1.54) is 11.3 Å². The topological polar surface area (TPSA) is 85.6 Å². The molecule has 0 amide bonds. The van der Waals surface area contributed by atoms with Gasteiger partial charge in [0.25, 0.3) is 5.56 Å². The Labute approximate surface area is 190 Å². The van der Waals surface area contributed by atoms with Crippen molar-refractivity contribution < 1.29 is 9.47 Å². The molecule has 0 unspecified atom stereocenters. The van der Waals surface area contributed by atoms with Gasteiger partial charge in [-0.25, -0.2) is 4.68 Å². The molecule has 0 bridgehead atoms. The first-order valence-corrected chi connectivity index (χ1v) is 11.7. The summed E-state index contributed by atoms with van der Waals surface area (Å²) in [6.07, 6.45) is 3.57. The summed E-state index contributed by atoms with van der Waals surface area (Å²) in [5.41, 5.74) is 2.50. The minimum atomic E-state index is -0.483. The molecule has 0 radical (unpaired) electrons. The van der Waals surface area contributed by atoms with Crippen LogP contribution in [-0.2, 0) is 16.0 Å². The van der Waals surface area contributed by atoms with Crippen molar-refractivity contribution >= 4 is 26.6 Å². The standard InChI is InChI=1S/C22H28N6O3S/c1-14-9-17-19(18(10-14)28-12-16(24-25-28)11-26(3)4)32-21(23-20(17)29)27-7-5-22(6-8-27)30-13-15(2)31-22/h9-10,12,15H,5-8,11,13H2,1-4H3/t15-/m0/s1.